The van der Waals surface area contributed by atoms with Crippen LogP contribution in [0.4, 0.5) is 0 Å². The summed E-state index contributed by atoms with van der Waals surface area (Å²) in [4.78, 5) is 0. The number of benzene rings is 3. The van der Waals surface area contributed by atoms with Crippen LogP contribution in [0.15, 0.2) is 60.7 Å². The number of ether oxygens (including phenoxy) is 3. The number of hydrogen-bond donors (Lipinski definition) is 0. The van der Waals surface area contributed by atoms with E-state index >= 15 is 0 Å². The molecule has 3 nitrogen and oxygen atoms in total. The Morgan fingerprint density at radius 3 is 2.26 bits per heavy atom. The average Bonchev–Trinajstić information content (AvgIpc) is 3.21. The Labute approximate surface area is 185 Å². The molecule has 31 heavy (non-hydrogen) atoms. The number of methoxy groups -OCH3 is 3. The van der Waals surface area contributed by atoms with Gasteiger partial charge in [-0.25, -0.2) is 0 Å². The van der Waals surface area contributed by atoms with Gasteiger partial charge in [0.05, 0.1) is 21.3 Å². The first-order chi connectivity index (χ1) is 15.0. The molecule has 1 atom stereocenters. The lowest BCUT2D eigenvalue weighted by atomic mass is 9.87. The van der Waals surface area contributed by atoms with Crippen molar-refractivity contribution in [2.45, 2.75) is 32.6 Å². The largest absolute Gasteiger partial charge is 0.493 e. The molecule has 0 saturated heterocycles. The molecule has 0 N–H and O–H groups in total. The van der Waals surface area contributed by atoms with Crippen molar-refractivity contribution in [1.29, 1.82) is 0 Å². The van der Waals surface area contributed by atoms with Gasteiger partial charge < -0.3 is 14.2 Å². The third kappa shape index (κ3) is 4.18. The van der Waals surface area contributed by atoms with Gasteiger partial charge in [-0.2, -0.15) is 0 Å². The van der Waals surface area contributed by atoms with E-state index in [0.717, 1.165) is 18.4 Å². The fourth-order valence-electron chi connectivity index (χ4n) is 4.50. The lowest BCUT2D eigenvalue weighted by molar-refractivity contribution is 0.324. The third-order valence-corrected chi connectivity index (χ3v) is 6.17. The van der Waals surface area contributed by atoms with Crippen molar-refractivity contribution in [2.24, 2.45) is 0 Å². The van der Waals surface area contributed by atoms with E-state index in [9.17, 15) is 0 Å². The smallest absolute Gasteiger partial charge is 0.203 e. The Morgan fingerprint density at radius 2 is 1.58 bits per heavy atom. The van der Waals surface area contributed by atoms with Crippen LogP contribution in [0.25, 0.3) is 5.57 Å². The molecule has 1 aliphatic rings. The number of allylic oxidation sites excluding steroid dienone is 2. The van der Waals surface area contributed by atoms with Gasteiger partial charge in [-0.15, -0.1) is 0 Å². The highest BCUT2D eigenvalue weighted by atomic mass is 16.5. The molecule has 0 spiro atoms. The summed E-state index contributed by atoms with van der Waals surface area (Å²) in [5.74, 6) is 2.34. The Balaban J connectivity index is 1.61. The Kier molecular flexibility index (Phi) is 6.03. The van der Waals surface area contributed by atoms with Gasteiger partial charge >= 0.3 is 0 Å². The molecule has 0 aliphatic heterocycles. The SMILES string of the molecule is COc1cc(Cc2cccc(C(C)C3=CCc4ccc(C)cc43)c2)cc(OC)c1OC. The van der Waals surface area contributed by atoms with Crippen LogP contribution in [0.2, 0.25) is 0 Å². The molecule has 0 radical (unpaired) electrons. The average molecular weight is 415 g/mol. The molecule has 0 heterocycles. The second-order valence-corrected chi connectivity index (χ2v) is 8.20. The van der Waals surface area contributed by atoms with E-state index < -0.39 is 0 Å². The van der Waals surface area contributed by atoms with Gasteiger partial charge in [0.25, 0.3) is 0 Å². The first-order valence-electron chi connectivity index (χ1n) is 10.7. The number of aryl methyl sites for hydroxylation is 1. The van der Waals surface area contributed by atoms with Gasteiger partial charge in [-0.1, -0.05) is 61.0 Å². The fraction of sp³-hybridized carbons (Fsp3) is 0.286. The normalized spacial score (nSPS) is 13.4. The molecule has 3 aromatic carbocycles. The molecule has 1 unspecified atom stereocenters. The van der Waals surface area contributed by atoms with Crippen LogP contribution in [0.1, 0.15) is 46.2 Å². The molecule has 0 aromatic heterocycles. The molecule has 4 rings (SSSR count). The summed E-state index contributed by atoms with van der Waals surface area (Å²) in [6.45, 7) is 4.47. The summed E-state index contributed by atoms with van der Waals surface area (Å²) in [5, 5.41) is 0. The van der Waals surface area contributed by atoms with Crippen molar-refractivity contribution in [3.63, 3.8) is 0 Å². The van der Waals surface area contributed by atoms with Crippen LogP contribution in [0, 0.1) is 6.92 Å². The molecule has 0 bridgehead atoms. The first kappa shape index (κ1) is 21.0. The maximum atomic E-state index is 5.52. The van der Waals surface area contributed by atoms with E-state index in [1.54, 1.807) is 21.3 Å². The summed E-state index contributed by atoms with van der Waals surface area (Å²) in [6, 6.07) is 19.7. The quantitative estimate of drug-likeness (QED) is 0.450. The number of rotatable bonds is 7. The van der Waals surface area contributed by atoms with Crippen molar-refractivity contribution < 1.29 is 14.2 Å². The van der Waals surface area contributed by atoms with Crippen molar-refractivity contribution in [2.75, 3.05) is 21.3 Å². The highest BCUT2D eigenvalue weighted by Gasteiger charge is 2.21. The van der Waals surface area contributed by atoms with Gasteiger partial charge in [0.15, 0.2) is 11.5 Å². The maximum absolute atomic E-state index is 5.52. The molecule has 160 valence electrons. The second-order valence-electron chi connectivity index (χ2n) is 8.20. The summed E-state index contributed by atoms with van der Waals surface area (Å²) < 4.78 is 16.5. The summed E-state index contributed by atoms with van der Waals surface area (Å²) in [7, 11) is 4.93. The standard InChI is InChI=1S/C28H30O3/c1-18-9-10-22-11-12-24(25(22)13-18)19(2)23-8-6-7-20(15-23)14-21-16-26(29-3)28(31-5)27(17-21)30-4/h6-10,12-13,15-17,19H,11,14H2,1-5H3. The highest BCUT2D eigenvalue weighted by Crippen LogP contribution is 2.40. The zero-order chi connectivity index (χ0) is 22.0. The van der Waals surface area contributed by atoms with E-state index in [4.69, 9.17) is 14.2 Å². The number of fused-ring (bicyclic) bond motifs is 1. The Morgan fingerprint density at radius 1 is 0.839 bits per heavy atom. The fourth-order valence-corrected chi connectivity index (χ4v) is 4.50. The first-order valence-corrected chi connectivity index (χ1v) is 10.7. The van der Waals surface area contributed by atoms with Gasteiger partial charge in [-0.05, 0) is 65.3 Å². The third-order valence-electron chi connectivity index (χ3n) is 6.17. The van der Waals surface area contributed by atoms with E-state index in [1.165, 1.54) is 33.4 Å². The summed E-state index contributed by atoms with van der Waals surface area (Å²) in [5.41, 5.74) is 9.31. The monoisotopic (exact) mass is 414 g/mol. The predicted molar refractivity (Wildman–Crippen MR) is 127 cm³/mol. The molecular formula is C28H30O3. The van der Waals surface area contributed by atoms with Crippen molar-refractivity contribution in [3.8, 4) is 17.2 Å². The molecule has 0 fully saturated rings. The Bertz CT molecular complexity index is 1100. The molecular weight excluding hydrogens is 384 g/mol. The summed E-state index contributed by atoms with van der Waals surface area (Å²) >= 11 is 0. The van der Waals surface area contributed by atoms with Crippen LogP contribution in [0.5, 0.6) is 17.2 Å². The van der Waals surface area contributed by atoms with E-state index in [-0.39, 0.29) is 0 Å². The second kappa shape index (κ2) is 8.89. The van der Waals surface area contributed by atoms with E-state index in [1.807, 2.05) is 12.1 Å². The van der Waals surface area contributed by atoms with Crippen LogP contribution in [-0.4, -0.2) is 21.3 Å². The minimum Gasteiger partial charge on any atom is -0.493 e. The molecule has 0 amide bonds. The van der Waals surface area contributed by atoms with E-state index in [2.05, 4.69) is 62.4 Å². The van der Waals surface area contributed by atoms with Gasteiger partial charge in [-0.3, -0.25) is 0 Å². The molecule has 3 aromatic rings. The lowest BCUT2D eigenvalue weighted by Gasteiger charge is -2.17. The zero-order valence-electron chi connectivity index (χ0n) is 19.0. The van der Waals surface area contributed by atoms with Gasteiger partial charge in [0.2, 0.25) is 5.75 Å². The van der Waals surface area contributed by atoms with Crippen LogP contribution >= 0.6 is 0 Å². The highest BCUT2D eigenvalue weighted by molar-refractivity contribution is 5.78. The van der Waals surface area contributed by atoms with Crippen LogP contribution in [-0.2, 0) is 12.8 Å². The predicted octanol–water partition coefficient (Wildman–Crippen LogP) is 6.35. The minimum atomic E-state index is 0.350. The minimum absolute atomic E-state index is 0.350. The van der Waals surface area contributed by atoms with Crippen molar-refractivity contribution in [1.82, 2.24) is 0 Å². The Hall–Kier alpha value is -3.20. The van der Waals surface area contributed by atoms with Crippen molar-refractivity contribution in [3.05, 3.63) is 94.1 Å². The van der Waals surface area contributed by atoms with Gasteiger partial charge in [0, 0.05) is 5.92 Å². The van der Waals surface area contributed by atoms with Crippen LogP contribution < -0.4 is 14.2 Å². The van der Waals surface area contributed by atoms with Gasteiger partial charge in [0.1, 0.15) is 0 Å². The molecule has 1 aliphatic carbocycles. The topological polar surface area (TPSA) is 27.7 Å². The maximum Gasteiger partial charge on any atom is 0.203 e. The van der Waals surface area contributed by atoms with Crippen molar-refractivity contribution >= 4 is 5.57 Å². The van der Waals surface area contributed by atoms with Crippen LogP contribution in [0.3, 0.4) is 0 Å². The lowest BCUT2D eigenvalue weighted by Crippen LogP contribution is -2.00. The molecule has 3 heteroatoms. The summed E-state index contributed by atoms with van der Waals surface area (Å²) in [6.07, 6.45) is 4.22. The number of hydrogen-bond acceptors (Lipinski definition) is 3. The molecule has 0 saturated carbocycles. The zero-order valence-corrected chi connectivity index (χ0v) is 19.0. The van der Waals surface area contributed by atoms with E-state index in [0.29, 0.717) is 23.2 Å².